The lowest BCUT2D eigenvalue weighted by molar-refractivity contribution is 0.243. The summed E-state index contributed by atoms with van der Waals surface area (Å²) in [6.45, 7) is 0.450. The lowest BCUT2D eigenvalue weighted by Crippen LogP contribution is -2.36. The summed E-state index contributed by atoms with van der Waals surface area (Å²) in [5, 5.41) is 6.42. The molecule has 0 aliphatic rings. The van der Waals surface area contributed by atoms with Crippen molar-refractivity contribution < 1.29 is 4.79 Å². The number of nitrogens with one attached hydrogen (secondary N) is 2. The van der Waals surface area contributed by atoms with Crippen LogP contribution in [0.2, 0.25) is 10.0 Å². The second-order valence-electron chi connectivity index (χ2n) is 5.23. The standard InChI is InChI=1S/C16H18Cl2N4O/c1-22(2)15(11-4-3-7-19-9-11)10-20-16(23)21-12-5-6-13(17)14(18)8-12/h3-9,15H,10H2,1-2H3,(H2,20,21,23)/t15-/m1/s1. The van der Waals surface area contributed by atoms with Gasteiger partial charge in [0.1, 0.15) is 0 Å². The molecule has 2 rings (SSSR count). The molecule has 0 fully saturated rings. The first-order valence-electron chi connectivity index (χ1n) is 7.03. The van der Waals surface area contributed by atoms with Gasteiger partial charge in [-0.3, -0.25) is 4.98 Å². The molecule has 2 N–H and O–H groups in total. The van der Waals surface area contributed by atoms with Crippen LogP contribution in [-0.4, -0.2) is 36.6 Å². The lowest BCUT2D eigenvalue weighted by Gasteiger charge is -2.24. The number of amides is 2. The maximum absolute atomic E-state index is 12.0. The van der Waals surface area contributed by atoms with Crippen LogP contribution in [0.5, 0.6) is 0 Å². The van der Waals surface area contributed by atoms with Crippen molar-refractivity contribution in [1.82, 2.24) is 15.2 Å². The molecule has 0 saturated heterocycles. The number of rotatable bonds is 5. The summed E-state index contributed by atoms with van der Waals surface area (Å²) in [5.74, 6) is 0. The Labute approximate surface area is 145 Å². The Morgan fingerprint density at radius 3 is 2.65 bits per heavy atom. The van der Waals surface area contributed by atoms with Crippen molar-refractivity contribution in [3.8, 4) is 0 Å². The van der Waals surface area contributed by atoms with Gasteiger partial charge in [-0.1, -0.05) is 29.3 Å². The largest absolute Gasteiger partial charge is 0.336 e. The monoisotopic (exact) mass is 352 g/mol. The van der Waals surface area contributed by atoms with Gasteiger partial charge in [-0.05, 0) is 43.9 Å². The fraction of sp³-hybridized carbons (Fsp3) is 0.250. The van der Waals surface area contributed by atoms with Crippen LogP contribution >= 0.6 is 23.2 Å². The number of anilines is 1. The Kier molecular flexibility index (Phi) is 6.21. The Bertz CT molecular complexity index is 664. The predicted octanol–water partition coefficient (Wildman–Crippen LogP) is 3.81. The molecule has 0 aliphatic heterocycles. The fourth-order valence-electron chi connectivity index (χ4n) is 2.11. The van der Waals surface area contributed by atoms with E-state index in [1.165, 1.54) is 0 Å². The second kappa shape index (κ2) is 8.15. The first-order valence-corrected chi connectivity index (χ1v) is 7.79. The van der Waals surface area contributed by atoms with Crippen LogP contribution < -0.4 is 10.6 Å². The molecule has 5 nitrogen and oxygen atoms in total. The quantitative estimate of drug-likeness (QED) is 0.859. The van der Waals surface area contributed by atoms with E-state index in [9.17, 15) is 4.79 Å². The SMILES string of the molecule is CN(C)[C@H](CNC(=O)Nc1ccc(Cl)c(Cl)c1)c1cccnc1. The number of benzene rings is 1. The molecule has 7 heteroatoms. The van der Waals surface area contributed by atoms with Crippen molar-refractivity contribution in [1.29, 1.82) is 0 Å². The average molecular weight is 353 g/mol. The molecule has 0 aliphatic carbocycles. The summed E-state index contributed by atoms with van der Waals surface area (Å²) in [6.07, 6.45) is 3.52. The van der Waals surface area contributed by atoms with Crippen LogP contribution in [0.1, 0.15) is 11.6 Å². The van der Waals surface area contributed by atoms with Crippen molar-refractivity contribution in [3.63, 3.8) is 0 Å². The smallest absolute Gasteiger partial charge is 0.319 e. The number of urea groups is 1. The molecule has 0 bridgehead atoms. The van der Waals surface area contributed by atoms with Gasteiger partial charge in [-0.15, -0.1) is 0 Å². The topological polar surface area (TPSA) is 57.3 Å². The van der Waals surface area contributed by atoms with E-state index >= 15 is 0 Å². The van der Waals surface area contributed by atoms with Crippen LogP contribution in [0.3, 0.4) is 0 Å². The molecular formula is C16H18Cl2N4O. The number of aromatic nitrogens is 1. The minimum absolute atomic E-state index is 0.0308. The highest BCUT2D eigenvalue weighted by Gasteiger charge is 2.15. The summed E-state index contributed by atoms with van der Waals surface area (Å²) in [5.41, 5.74) is 1.62. The van der Waals surface area contributed by atoms with E-state index < -0.39 is 0 Å². The van der Waals surface area contributed by atoms with E-state index in [-0.39, 0.29) is 12.1 Å². The van der Waals surface area contributed by atoms with Gasteiger partial charge >= 0.3 is 6.03 Å². The number of pyridine rings is 1. The van der Waals surface area contributed by atoms with Crippen molar-refractivity contribution in [3.05, 3.63) is 58.3 Å². The Balaban J connectivity index is 1.95. The summed E-state index contributed by atoms with van der Waals surface area (Å²) >= 11 is 11.8. The molecule has 0 saturated carbocycles. The van der Waals surface area contributed by atoms with Gasteiger partial charge in [0.15, 0.2) is 0 Å². The van der Waals surface area contributed by atoms with Crippen molar-refractivity contribution in [2.24, 2.45) is 0 Å². The number of carbonyl (C=O) groups is 1. The molecule has 0 radical (unpaired) electrons. The van der Waals surface area contributed by atoms with Gasteiger partial charge in [0, 0.05) is 24.6 Å². The van der Waals surface area contributed by atoms with E-state index in [4.69, 9.17) is 23.2 Å². The van der Waals surface area contributed by atoms with Gasteiger partial charge in [0.25, 0.3) is 0 Å². The summed E-state index contributed by atoms with van der Waals surface area (Å²) in [7, 11) is 3.91. The molecular weight excluding hydrogens is 335 g/mol. The highest BCUT2D eigenvalue weighted by atomic mass is 35.5. The molecule has 2 amide bonds. The first-order chi connectivity index (χ1) is 11.0. The molecule has 0 spiro atoms. The van der Waals surface area contributed by atoms with Crippen molar-refractivity contribution in [2.75, 3.05) is 26.0 Å². The van der Waals surface area contributed by atoms with E-state index in [0.717, 1.165) is 5.56 Å². The minimum Gasteiger partial charge on any atom is -0.336 e. The Hall–Kier alpha value is -1.82. The average Bonchev–Trinajstić information content (AvgIpc) is 2.52. The van der Waals surface area contributed by atoms with E-state index in [1.807, 2.05) is 31.1 Å². The van der Waals surface area contributed by atoms with E-state index in [2.05, 4.69) is 15.6 Å². The van der Waals surface area contributed by atoms with Gasteiger partial charge < -0.3 is 15.5 Å². The molecule has 1 aromatic heterocycles. The van der Waals surface area contributed by atoms with Crippen LogP contribution in [0.25, 0.3) is 0 Å². The van der Waals surface area contributed by atoms with Crippen LogP contribution in [0, 0.1) is 0 Å². The zero-order valence-electron chi connectivity index (χ0n) is 12.9. The molecule has 23 heavy (non-hydrogen) atoms. The van der Waals surface area contributed by atoms with Crippen LogP contribution in [0.4, 0.5) is 10.5 Å². The maximum atomic E-state index is 12.0. The predicted molar refractivity (Wildman–Crippen MR) is 94.1 cm³/mol. The summed E-state index contributed by atoms with van der Waals surface area (Å²) in [4.78, 5) is 18.2. The van der Waals surface area contributed by atoms with Crippen LogP contribution in [0.15, 0.2) is 42.7 Å². The number of likely N-dealkylation sites (N-methyl/N-ethyl adjacent to an activating group) is 1. The van der Waals surface area contributed by atoms with Gasteiger partial charge in [0.2, 0.25) is 0 Å². The number of nitrogens with zero attached hydrogens (tertiary/aromatic N) is 2. The highest BCUT2D eigenvalue weighted by molar-refractivity contribution is 6.42. The number of carbonyl (C=O) groups excluding carboxylic acids is 1. The van der Waals surface area contributed by atoms with Gasteiger partial charge in [-0.2, -0.15) is 0 Å². The molecule has 1 aromatic carbocycles. The molecule has 122 valence electrons. The van der Waals surface area contributed by atoms with Crippen LogP contribution in [-0.2, 0) is 0 Å². The first kappa shape index (κ1) is 17.5. The summed E-state index contributed by atoms with van der Waals surface area (Å²) in [6, 6.07) is 8.52. The Morgan fingerprint density at radius 2 is 2.04 bits per heavy atom. The number of hydrogen-bond acceptors (Lipinski definition) is 3. The van der Waals surface area contributed by atoms with E-state index in [1.54, 1.807) is 30.6 Å². The highest BCUT2D eigenvalue weighted by Crippen LogP contribution is 2.25. The fourth-order valence-corrected chi connectivity index (χ4v) is 2.41. The molecule has 1 atom stereocenters. The Morgan fingerprint density at radius 1 is 1.26 bits per heavy atom. The van der Waals surface area contributed by atoms with Gasteiger partial charge in [-0.25, -0.2) is 4.79 Å². The third kappa shape index (κ3) is 5.10. The maximum Gasteiger partial charge on any atom is 0.319 e. The lowest BCUT2D eigenvalue weighted by atomic mass is 10.1. The zero-order valence-corrected chi connectivity index (χ0v) is 14.4. The van der Waals surface area contributed by atoms with Gasteiger partial charge in [0.05, 0.1) is 16.1 Å². The third-order valence-corrected chi connectivity index (χ3v) is 4.07. The minimum atomic E-state index is -0.306. The number of hydrogen-bond donors (Lipinski definition) is 2. The molecule has 0 unspecified atom stereocenters. The second-order valence-corrected chi connectivity index (χ2v) is 6.04. The summed E-state index contributed by atoms with van der Waals surface area (Å²) < 4.78 is 0. The van der Waals surface area contributed by atoms with E-state index in [0.29, 0.717) is 22.3 Å². The molecule has 1 heterocycles. The molecule has 2 aromatic rings. The zero-order chi connectivity index (χ0) is 16.8. The third-order valence-electron chi connectivity index (χ3n) is 3.33. The van der Waals surface area contributed by atoms with Crippen molar-refractivity contribution in [2.45, 2.75) is 6.04 Å². The normalized spacial score (nSPS) is 12.0. The van der Waals surface area contributed by atoms with Crippen molar-refractivity contribution >= 4 is 34.9 Å². The number of halogens is 2.